The van der Waals surface area contributed by atoms with Crippen molar-refractivity contribution in [2.24, 2.45) is 5.92 Å². The van der Waals surface area contributed by atoms with Gasteiger partial charge in [-0.05, 0) is 55.3 Å². The summed E-state index contributed by atoms with van der Waals surface area (Å²) < 4.78 is 37.2. The van der Waals surface area contributed by atoms with Crippen LogP contribution in [-0.2, 0) is 0 Å². The SMILES string of the molecule is Cc1cc(NC(=S)/C(C#N)=C(/O)C2CC2)ccc1SC(F)(F)F. The molecule has 1 fully saturated rings. The molecular weight excluding hydrogens is 345 g/mol. The first-order chi connectivity index (χ1) is 10.7. The zero-order chi connectivity index (χ0) is 17.2. The summed E-state index contributed by atoms with van der Waals surface area (Å²) in [5.41, 5.74) is -3.43. The second-order valence-corrected chi connectivity index (χ2v) is 6.64. The van der Waals surface area contributed by atoms with Crippen LogP contribution < -0.4 is 5.32 Å². The molecule has 0 atom stereocenters. The highest BCUT2D eigenvalue weighted by molar-refractivity contribution is 8.00. The molecule has 2 rings (SSSR count). The van der Waals surface area contributed by atoms with E-state index >= 15 is 0 Å². The van der Waals surface area contributed by atoms with Crippen molar-refractivity contribution in [3.8, 4) is 6.07 Å². The molecule has 3 nitrogen and oxygen atoms in total. The Morgan fingerprint density at radius 1 is 1.43 bits per heavy atom. The molecule has 0 unspecified atom stereocenters. The lowest BCUT2D eigenvalue weighted by molar-refractivity contribution is -0.0328. The fraction of sp³-hybridized carbons (Fsp3) is 0.333. The molecule has 122 valence electrons. The van der Waals surface area contributed by atoms with Gasteiger partial charge in [0.2, 0.25) is 0 Å². The summed E-state index contributed by atoms with van der Waals surface area (Å²) in [6.45, 7) is 1.56. The average molecular weight is 358 g/mol. The molecule has 1 aliphatic carbocycles. The number of aliphatic hydroxyl groups is 1. The smallest absolute Gasteiger partial charge is 0.446 e. The molecule has 0 spiro atoms. The van der Waals surface area contributed by atoms with Gasteiger partial charge in [0, 0.05) is 16.5 Å². The second-order valence-electron chi connectivity index (χ2n) is 5.13. The maximum Gasteiger partial charge on any atom is 0.446 e. The van der Waals surface area contributed by atoms with E-state index < -0.39 is 5.51 Å². The van der Waals surface area contributed by atoms with E-state index in [4.69, 9.17) is 17.5 Å². The van der Waals surface area contributed by atoms with Crippen LogP contribution in [0.4, 0.5) is 18.9 Å². The number of aliphatic hydroxyl groups excluding tert-OH is 1. The van der Waals surface area contributed by atoms with Crippen LogP contribution in [0.5, 0.6) is 0 Å². The van der Waals surface area contributed by atoms with Gasteiger partial charge in [-0.2, -0.15) is 18.4 Å². The molecule has 0 heterocycles. The van der Waals surface area contributed by atoms with Gasteiger partial charge in [-0.3, -0.25) is 0 Å². The van der Waals surface area contributed by atoms with Crippen LogP contribution in [0.1, 0.15) is 18.4 Å². The Morgan fingerprint density at radius 3 is 2.57 bits per heavy atom. The largest absolute Gasteiger partial charge is 0.511 e. The van der Waals surface area contributed by atoms with Crippen LogP contribution in [0.3, 0.4) is 0 Å². The highest BCUT2D eigenvalue weighted by Crippen LogP contribution is 2.39. The summed E-state index contributed by atoms with van der Waals surface area (Å²) >= 11 is 4.93. The highest BCUT2D eigenvalue weighted by atomic mass is 32.2. The Balaban J connectivity index is 2.14. The maximum absolute atomic E-state index is 12.4. The molecule has 2 N–H and O–H groups in total. The number of thiocarbonyl (C=S) groups is 1. The number of aryl methyl sites for hydroxylation is 1. The summed E-state index contributed by atoms with van der Waals surface area (Å²) in [7, 11) is 0. The number of rotatable bonds is 4. The second kappa shape index (κ2) is 6.81. The standard InChI is InChI=1S/C15H13F3N2OS2/c1-8-6-10(4-5-12(8)23-15(16,17)18)20-14(22)11(7-19)13(21)9-2-3-9/h4-6,9,21H,2-3H2,1H3,(H,20,22)/b13-11+. The molecule has 0 amide bonds. The molecule has 0 radical (unpaired) electrons. The van der Waals surface area contributed by atoms with Crippen LogP contribution in [0.15, 0.2) is 34.4 Å². The van der Waals surface area contributed by atoms with E-state index in [0.717, 1.165) is 12.8 Å². The van der Waals surface area contributed by atoms with Gasteiger partial charge in [-0.25, -0.2) is 0 Å². The third-order valence-corrected chi connectivity index (χ3v) is 4.43. The van der Waals surface area contributed by atoms with E-state index in [2.05, 4.69) is 5.32 Å². The Bertz CT molecular complexity index is 704. The van der Waals surface area contributed by atoms with Crippen molar-refractivity contribution < 1.29 is 18.3 Å². The van der Waals surface area contributed by atoms with Crippen molar-refractivity contribution in [1.29, 1.82) is 5.26 Å². The first kappa shape index (κ1) is 17.6. The van der Waals surface area contributed by atoms with Crippen LogP contribution in [-0.4, -0.2) is 15.6 Å². The van der Waals surface area contributed by atoms with E-state index in [1.54, 1.807) is 6.92 Å². The van der Waals surface area contributed by atoms with E-state index in [1.165, 1.54) is 18.2 Å². The highest BCUT2D eigenvalue weighted by Gasteiger charge is 2.31. The minimum atomic E-state index is -4.35. The predicted octanol–water partition coefficient (Wildman–Crippen LogP) is 5.09. The van der Waals surface area contributed by atoms with Crippen LogP contribution >= 0.6 is 24.0 Å². The van der Waals surface area contributed by atoms with Gasteiger partial charge in [0.05, 0.1) is 0 Å². The molecule has 0 aliphatic heterocycles. The minimum absolute atomic E-state index is 0.00824. The topological polar surface area (TPSA) is 56.0 Å². The minimum Gasteiger partial charge on any atom is -0.511 e. The number of benzene rings is 1. The molecule has 0 aromatic heterocycles. The Hall–Kier alpha value is -1.72. The number of nitrogens with one attached hydrogen (secondary N) is 1. The predicted molar refractivity (Wildman–Crippen MR) is 87.3 cm³/mol. The van der Waals surface area contributed by atoms with Crippen molar-refractivity contribution in [2.75, 3.05) is 5.32 Å². The van der Waals surface area contributed by atoms with Crippen LogP contribution in [0, 0.1) is 24.2 Å². The molecule has 1 aliphatic rings. The monoisotopic (exact) mass is 358 g/mol. The van der Waals surface area contributed by atoms with Crippen molar-refractivity contribution >= 4 is 34.7 Å². The van der Waals surface area contributed by atoms with Gasteiger partial charge in [-0.15, -0.1) is 0 Å². The first-order valence-electron chi connectivity index (χ1n) is 6.72. The van der Waals surface area contributed by atoms with Crippen molar-refractivity contribution in [1.82, 2.24) is 0 Å². The molecule has 0 bridgehead atoms. The normalized spacial score (nSPS) is 15.6. The van der Waals surface area contributed by atoms with E-state index in [9.17, 15) is 18.3 Å². The Kier molecular flexibility index (Phi) is 5.22. The summed E-state index contributed by atoms with van der Waals surface area (Å²) in [6.07, 6.45) is 1.64. The van der Waals surface area contributed by atoms with Gasteiger partial charge in [0.25, 0.3) is 0 Å². The fourth-order valence-corrected chi connectivity index (χ4v) is 2.82. The number of nitriles is 1. The fourth-order valence-electron chi connectivity index (χ4n) is 1.95. The van der Waals surface area contributed by atoms with Gasteiger partial charge in [0.1, 0.15) is 22.4 Å². The van der Waals surface area contributed by atoms with Crippen LogP contribution in [0.2, 0.25) is 0 Å². The van der Waals surface area contributed by atoms with E-state index in [1.807, 2.05) is 6.07 Å². The Labute approximate surface area is 141 Å². The number of alkyl halides is 3. The molecule has 0 saturated heterocycles. The van der Waals surface area contributed by atoms with E-state index in [-0.39, 0.29) is 38.9 Å². The third-order valence-electron chi connectivity index (χ3n) is 3.22. The number of nitrogens with zero attached hydrogens (tertiary/aromatic N) is 1. The number of hydrogen-bond acceptors (Lipinski definition) is 4. The van der Waals surface area contributed by atoms with Gasteiger partial charge in [0.15, 0.2) is 0 Å². The van der Waals surface area contributed by atoms with Gasteiger partial charge < -0.3 is 10.4 Å². The zero-order valence-electron chi connectivity index (χ0n) is 12.1. The molecule has 1 aromatic rings. The number of halogens is 3. The summed E-state index contributed by atoms with van der Waals surface area (Å²) in [5, 5.41) is 21.8. The number of anilines is 1. The quantitative estimate of drug-likeness (QED) is 0.258. The van der Waals surface area contributed by atoms with Crippen LogP contribution in [0.25, 0.3) is 0 Å². The lowest BCUT2D eigenvalue weighted by atomic mass is 10.1. The lowest BCUT2D eigenvalue weighted by Gasteiger charge is -2.12. The Morgan fingerprint density at radius 2 is 2.09 bits per heavy atom. The summed E-state index contributed by atoms with van der Waals surface area (Å²) in [4.78, 5) is 0.165. The zero-order valence-corrected chi connectivity index (χ0v) is 13.7. The van der Waals surface area contributed by atoms with E-state index in [0.29, 0.717) is 11.3 Å². The summed E-state index contributed by atoms with van der Waals surface area (Å²) in [6, 6.07) is 6.19. The number of allylic oxidation sites excluding steroid dienone is 1. The van der Waals surface area contributed by atoms with Gasteiger partial charge in [-0.1, -0.05) is 12.2 Å². The third kappa shape index (κ3) is 4.88. The molecule has 1 saturated carbocycles. The number of thioether (sulfide) groups is 1. The van der Waals surface area contributed by atoms with Crippen molar-refractivity contribution in [3.63, 3.8) is 0 Å². The molecular formula is C15H13F3N2OS2. The van der Waals surface area contributed by atoms with Crippen molar-refractivity contribution in [2.45, 2.75) is 30.2 Å². The maximum atomic E-state index is 12.4. The molecule has 1 aromatic carbocycles. The lowest BCUT2D eigenvalue weighted by Crippen LogP contribution is -2.14. The average Bonchev–Trinajstić information content (AvgIpc) is 3.25. The van der Waals surface area contributed by atoms with Gasteiger partial charge >= 0.3 is 5.51 Å². The molecule has 8 heteroatoms. The molecule has 23 heavy (non-hydrogen) atoms. The van der Waals surface area contributed by atoms with Crippen molar-refractivity contribution in [3.05, 3.63) is 35.1 Å². The number of hydrogen-bond donors (Lipinski definition) is 2. The summed E-state index contributed by atoms with van der Waals surface area (Å²) in [5.74, 6) is -0.0392. The first-order valence-corrected chi connectivity index (χ1v) is 7.94.